The summed E-state index contributed by atoms with van der Waals surface area (Å²) in [6.07, 6.45) is 3.74. The summed E-state index contributed by atoms with van der Waals surface area (Å²) < 4.78 is 27.2. The lowest BCUT2D eigenvalue weighted by atomic mass is 9.98. The van der Waals surface area contributed by atoms with Crippen molar-refractivity contribution < 1.29 is 13.2 Å². The second-order valence-electron chi connectivity index (χ2n) is 8.76. The van der Waals surface area contributed by atoms with Crippen molar-refractivity contribution in [2.75, 3.05) is 19.6 Å². The summed E-state index contributed by atoms with van der Waals surface area (Å²) in [7, 11) is -3.45. The Kier molecular flexibility index (Phi) is 5.69. The van der Waals surface area contributed by atoms with E-state index in [1.165, 1.54) is 0 Å². The topological polar surface area (TPSA) is 79.4 Å². The first-order valence-electron chi connectivity index (χ1n) is 11.3. The Balaban J connectivity index is 1.23. The van der Waals surface area contributed by atoms with Crippen LogP contribution >= 0.6 is 0 Å². The average Bonchev–Trinajstić information content (AvgIpc) is 3.68. The Labute approximate surface area is 188 Å². The molecule has 32 heavy (non-hydrogen) atoms. The van der Waals surface area contributed by atoms with Gasteiger partial charge in [-0.25, -0.2) is 8.42 Å². The third kappa shape index (κ3) is 4.27. The van der Waals surface area contributed by atoms with E-state index in [1.54, 1.807) is 28.6 Å². The smallest absolute Gasteiger partial charge is 0.252 e. The van der Waals surface area contributed by atoms with Gasteiger partial charge in [0, 0.05) is 36.6 Å². The number of pyridine rings is 1. The number of fused-ring (bicyclic) bond motifs is 1. The molecule has 0 atom stereocenters. The number of benzene rings is 2. The SMILES string of the molecule is O=C(NCC1CCN(S(=O)(=O)c2ccccc2)CC1)c1cc(C2CC2)nc2ccccc12. The second kappa shape index (κ2) is 8.64. The van der Waals surface area contributed by atoms with E-state index in [4.69, 9.17) is 4.98 Å². The first-order valence-corrected chi connectivity index (χ1v) is 12.7. The lowest BCUT2D eigenvalue weighted by Gasteiger charge is -2.31. The Morgan fingerprint density at radius 1 is 0.969 bits per heavy atom. The number of piperidine rings is 1. The highest BCUT2D eigenvalue weighted by Crippen LogP contribution is 2.40. The van der Waals surface area contributed by atoms with Crippen LogP contribution in [0, 0.1) is 5.92 Å². The molecule has 6 nitrogen and oxygen atoms in total. The number of nitrogens with zero attached hydrogens (tertiary/aromatic N) is 2. The molecule has 5 rings (SSSR count). The van der Waals surface area contributed by atoms with Crippen LogP contribution in [0.2, 0.25) is 0 Å². The first kappa shape index (κ1) is 21.1. The summed E-state index contributed by atoms with van der Waals surface area (Å²) in [6.45, 7) is 1.50. The number of rotatable bonds is 6. The molecule has 166 valence electrons. The van der Waals surface area contributed by atoms with Crippen molar-refractivity contribution in [2.45, 2.75) is 36.5 Å². The minimum atomic E-state index is -3.45. The molecule has 1 aromatic heterocycles. The zero-order valence-electron chi connectivity index (χ0n) is 17.9. The van der Waals surface area contributed by atoms with Crippen LogP contribution in [0.4, 0.5) is 0 Å². The molecule has 1 saturated heterocycles. The standard InChI is InChI=1S/C25H27N3O3S/c29-25(22-16-24(19-10-11-19)27-23-9-5-4-8-21(22)23)26-17-18-12-14-28(15-13-18)32(30,31)20-6-2-1-3-7-20/h1-9,16,18-19H,10-15,17H2,(H,26,29). The van der Waals surface area contributed by atoms with Crippen molar-refractivity contribution in [1.29, 1.82) is 0 Å². The molecule has 0 radical (unpaired) electrons. The van der Waals surface area contributed by atoms with Gasteiger partial charge >= 0.3 is 0 Å². The summed E-state index contributed by atoms with van der Waals surface area (Å²) >= 11 is 0. The zero-order valence-corrected chi connectivity index (χ0v) is 18.7. The fraction of sp³-hybridized carbons (Fsp3) is 0.360. The lowest BCUT2D eigenvalue weighted by molar-refractivity contribution is 0.0943. The minimum absolute atomic E-state index is 0.0789. The van der Waals surface area contributed by atoms with Crippen molar-refractivity contribution in [3.63, 3.8) is 0 Å². The van der Waals surface area contributed by atoms with Crippen LogP contribution in [0.5, 0.6) is 0 Å². The Morgan fingerprint density at radius 2 is 1.66 bits per heavy atom. The Morgan fingerprint density at radius 3 is 2.38 bits per heavy atom. The number of carbonyl (C=O) groups excluding carboxylic acids is 1. The largest absolute Gasteiger partial charge is 0.352 e. The molecule has 1 aliphatic carbocycles. The molecule has 1 N–H and O–H groups in total. The molecular weight excluding hydrogens is 422 g/mol. The van der Waals surface area contributed by atoms with Crippen LogP contribution in [0.1, 0.15) is 47.7 Å². The molecule has 0 unspecified atom stereocenters. The highest BCUT2D eigenvalue weighted by Gasteiger charge is 2.30. The van der Waals surface area contributed by atoms with Crippen LogP contribution in [0.15, 0.2) is 65.6 Å². The molecule has 2 heterocycles. The Hall–Kier alpha value is -2.77. The summed E-state index contributed by atoms with van der Waals surface area (Å²) in [6, 6.07) is 18.3. The van der Waals surface area contributed by atoms with Crippen molar-refractivity contribution in [3.8, 4) is 0 Å². The maximum absolute atomic E-state index is 13.1. The van der Waals surface area contributed by atoms with Gasteiger partial charge < -0.3 is 5.32 Å². The van der Waals surface area contributed by atoms with E-state index in [2.05, 4.69) is 5.32 Å². The minimum Gasteiger partial charge on any atom is -0.352 e. The molecule has 7 heteroatoms. The van der Waals surface area contributed by atoms with Crippen LogP contribution in [-0.4, -0.2) is 43.2 Å². The van der Waals surface area contributed by atoms with Gasteiger partial charge in [-0.15, -0.1) is 0 Å². The molecule has 1 aliphatic heterocycles. The summed E-state index contributed by atoms with van der Waals surface area (Å²) in [5.74, 6) is 0.657. The van der Waals surface area contributed by atoms with Gasteiger partial charge in [0.15, 0.2) is 0 Å². The molecule has 3 aromatic rings. The number of hydrogen-bond acceptors (Lipinski definition) is 4. The number of amides is 1. The monoisotopic (exact) mass is 449 g/mol. The number of hydrogen-bond donors (Lipinski definition) is 1. The van der Waals surface area contributed by atoms with Gasteiger partial charge in [-0.3, -0.25) is 9.78 Å². The molecule has 2 fully saturated rings. The third-order valence-electron chi connectivity index (χ3n) is 6.48. The van der Waals surface area contributed by atoms with Gasteiger partial charge in [-0.05, 0) is 55.9 Å². The van der Waals surface area contributed by atoms with E-state index in [0.717, 1.165) is 42.3 Å². The Bertz CT molecular complexity index is 1230. The molecular formula is C25H27N3O3S. The fourth-order valence-corrected chi connectivity index (χ4v) is 5.89. The number of aromatic nitrogens is 1. The van der Waals surface area contributed by atoms with Gasteiger partial charge in [0.05, 0.1) is 16.0 Å². The van der Waals surface area contributed by atoms with Crippen molar-refractivity contribution in [1.82, 2.24) is 14.6 Å². The third-order valence-corrected chi connectivity index (χ3v) is 8.39. The quantitative estimate of drug-likeness (QED) is 0.618. The van der Waals surface area contributed by atoms with E-state index in [0.29, 0.717) is 36.0 Å². The van der Waals surface area contributed by atoms with Crippen LogP contribution in [0.25, 0.3) is 10.9 Å². The maximum atomic E-state index is 13.1. The number of sulfonamides is 1. The normalized spacial score (nSPS) is 18.0. The van der Waals surface area contributed by atoms with Crippen LogP contribution in [-0.2, 0) is 10.0 Å². The van der Waals surface area contributed by atoms with E-state index < -0.39 is 10.0 Å². The van der Waals surface area contributed by atoms with Gasteiger partial charge in [-0.2, -0.15) is 4.31 Å². The maximum Gasteiger partial charge on any atom is 0.252 e. The molecule has 2 aromatic carbocycles. The second-order valence-corrected chi connectivity index (χ2v) is 10.7. The highest BCUT2D eigenvalue weighted by atomic mass is 32.2. The predicted octanol–water partition coefficient (Wildman–Crippen LogP) is 3.94. The molecule has 2 aliphatic rings. The lowest BCUT2D eigenvalue weighted by Crippen LogP contribution is -2.41. The van der Waals surface area contributed by atoms with Crippen molar-refractivity contribution >= 4 is 26.8 Å². The van der Waals surface area contributed by atoms with Gasteiger partial charge in [0.2, 0.25) is 10.0 Å². The van der Waals surface area contributed by atoms with E-state index >= 15 is 0 Å². The molecule has 1 saturated carbocycles. The molecule has 0 bridgehead atoms. The molecule has 1 amide bonds. The van der Waals surface area contributed by atoms with Gasteiger partial charge in [0.25, 0.3) is 5.91 Å². The summed E-state index contributed by atoms with van der Waals surface area (Å²) in [5, 5.41) is 3.97. The van der Waals surface area contributed by atoms with E-state index in [1.807, 2.05) is 36.4 Å². The predicted molar refractivity (Wildman–Crippen MR) is 124 cm³/mol. The fourth-order valence-electron chi connectivity index (χ4n) is 4.40. The van der Waals surface area contributed by atoms with E-state index in [-0.39, 0.29) is 11.8 Å². The zero-order chi connectivity index (χ0) is 22.1. The van der Waals surface area contributed by atoms with Gasteiger partial charge in [-0.1, -0.05) is 36.4 Å². The highest BCUT2D eigenvalue weighted by molar-refractivity contribution is 7.89. The number of carbonyl (C=O) groups is 1. The first-order chi connectivity index (χ1) is 15.5. The van der Waals surface area contributed by atoms with Crippen LogP contribution < -0.4 is 5.32 Å². The van der Waals surface area contributed by atoms with Crippen LogP contribution in [0.3, 0.4) is 0 Å². The average molecular weight is 450 g/mol. The van der Waals surface area contributed by atoms with Crippen molar-refractivity contribution in [3.05, 3.63) is 71.9 Å². The van der Waals surface area contributed by atoms with Gasteiger partial charge in [0.1, 0.15) is 0 Å². The number of nitrogens with one attached hydrogen (secondary N) is 1. The van der Waals surface area contributed by atoms with Crippen molar-refractivity contribution in [2.24, 2.45) is 5.92 Å². The molecule has 0 spiro atoms. The van der Waals surface area contributed by atoms with E-state index in [9.17, 15) is 13.2 Å². The summed E-state index contributed by atoms with van der Waals surface area (Å²) in [4.78, 5) is 18.1. The number of para-hydroxylation sites is 1. The summed E-state index contributed by atoms with van der Waals surface area (Å²) in [5.41, 5.74) is 2.55.